The Morgan fingerprint density at radius 2 is 1.91 bits per heavy atom. The van der Waals surface area contributed by atoms with Crippen molar-refractivity contribution in [1.29, 1.82) is 0 Å². The van der Waals surface area contributed by atoms with E-state index in [2.05, 4.69) is 41.0 Å². The van der Waals surface area contributed by atoms with Gasteiger partial charge in [0, 0.05) is 6.54 Å². The zero-order valence-corrected chi connectivity index (χ0v) is 14.0. The first-order valence-electron chi connectivity index (χ1n) is 8.33. The van der Waals surface area contributed by atoms with Gasteiger partial charge >= 0.3 is 0 Å². The third kappa shape index (κ3) is 4.23. The molecule has 0 aromatic heterocycles. The first-order valence-corrected chi connectivity index (χ1v) is 8.33. The Morgan fingerprint density at radius 1 is 1.18 bits per heavy atom. The van der Waals surface area contributed by atoms with E-state index < -0.39 is 0 Å². The highest BCUT2D eigenvalue weighted by Crippen LogP contribution is 2.40. The summed E-state index contributed by atoms with van der Waals surface area (Å²) in [5.74, 6) is 0.201. The van der Waals surface area contributed by atoms with Crippen LogP contribution in [0.5, 0.6) is 0 Å². The SMILES string of the molecule is Cl.O=C(NCC1(Cc2ccccc2)CCCC1)C1CCCN1. The van der Waals surface area contributed by atoms with Crippen LogP contribution in [0.2, 0.25) is 0 Å². The smallest absolute Gasteiger partial charge is 0.237 e. The van der Waals surface area contributed by atoms with Gasteiger partial charge in [-0.25, -0.2) is 0 Å². The molecule has 1 aromatic carbocycles. The third-order valence-corrected chi connectivity index (χ3v) is 5.10. The van der Waals surface area contributed by atoms with Crippen LogP contribution in [0.3, 0.4) is 0 Å². The first kappa shape index (κ1) is 17.3. The van der Waals surface area contributed by atoms with Crippen LogP contribution < -0.4 is 10.6 Å². The highest BCUT2D eigenvalue weighted by molar-refractivity contribution is 5.85. The van der Waals surface area contributed by atoms with Gasteiger partial charge in [0.25, 0.3) is 0 Å². The maximum Gasteiger partial charge on any atom is 0.237 e. The average Bonchev–Trinajstić information content (AvgIpc) is 3.18. The van der Waals surface area contributed by atoms with Gasteiger partial charge in [0.15, 0.2) is 0 Å². The van der Waals surface area contributed by atoms with Crippen LogP contribution in [0.1, 0.15) is 44.1 Å². The van der Waals surface area contributed by atoms with Crippen molar-refractivity contribution in [3.63, 3.8) is 0 Å². The van der Waals surface area contributed by atoms with Crippen LogP contribution in [0.15, 0.2) is 30.3 Å². The van der Waals surface area contributed by atoms with Crippen molar-refractivity contribution >= 4 is 18.3 Å². The molecule has 1 heterocycles. The molecule has 3 nitrogen and oxygen atoms in total. The molecule has 2 aliphatic rings. The van der Waals surface area contributed by atoms with Gasteiger partial charge < -0.3 is 10.6 Å². The molecule has 1 atom stereocenters. The van der Waals surface area contributed by atoms with E-state index in [9.17, 15) is 4.79 Å². The molecule has 2 fully saturated rings. The Morgan fingerprint density at radius 3 is 2.55 bits per heavy atom. The lowest BCUT2D eigenvalue weighted by atomic mass is 9.80. The van der Waals surface area contributed by atoms with E-state index in [1.165, 1.54) is 31.2 Å². The Labute approximate surface area is 139 Å². The lowest BCUT2D eigenvalue weighted by Gasteiger charge is -2.30. The summed E-state index contributed by atoms with van der Waals surface area (Å²) in [5, 5.41) is 6.51. The Bertz CT molecular complexity index is 465. The number of hydrogen-bond donors (Lipinski definition) is 2. The normalized spacial score (nSPS) is 23.0. The van der Waals surface area contributed by atoms with Gasteiger partial charge in [-0.05, 0) is 49.6 Å². The summed E-state index contributed by atoms with van der Waals surface area (Å²) in [7, 11) is 0. The van der Waals surface area contributed by atoms with E-state index in [0.29, 0.717) is 0 Å². The summed E-state index contributed by atoms with van der Waals surface area (Å²) >= 11 is 0. The van der Waals surface area contributed by atoms with Crippen LogP contribution in [0.25, 0.3) is 0 Å². The molecule has 1 saturated carbocycles. The van der Waals surface area contributed by atoms with Gasteiger partial charge in [0.2, 0.25) is 5.91 Å². The Hall–Kier alpha value is -1.06. The standard InChI is InChI=1S/C18H26N2O.ClH/c21-17(16-9-6-12-19-16)20-14-18(10-4-5-11-18)13-15-7-2-1-3-8-15;/h1-3,7-8,16,19H,4-6,9-14H2,(H,20,21);1H. The fourth-order valence-electron chi connectivity index (χ4n) is 3.88. The number of rotatable bonds is 5. The van der Waals surface area contributed by atoms with Gasteiger partial charge in [-0.2, -0.15) is 0 Å². The van der Waals surface area contributed by atoms with Crippen molar-refractivity contribution in [1.82, 2.24) is 10.6 Å². The summed E-state index contributed by atoms with van der Waals surface area (Å²) in [6, 6.07) is 10.7. The molecule has 122 valence electrons. The van der Waals surface area contributed by atoms with Crippen LogP contribution in [0, 0.1) is 5.41 Å². The second-order valence-electron chi connectivity index (χ2n) is 6.74. The van der Waals surface area contributed by atoms with Gasteiger partial charge in [-0.3, -0.25) is 4.79 Å². The molecule has 4 heteroatoms. The monoisotopic (exact) mass is 322 g/mol. The number of carbonyl (C=O) groups excluding carboxylic acids is 1. The van der Waals surface area contributed by atoms with Crippen molar-refractivity contribution in [2.75, 3.05) is 13.1 Å². The van der Waals surface area contributed by atoms with Crippen LogP contribution in [-0.4, -0.2) is 25.0 Å². The van der Waals surface area contributed by atoms with Gasteiger partial charge in [-0.15, -0.1) is 12.4 Å². The minimum Gasteiger partial charge on any atom is -0.354 e. The summed E-state index contributed by atoms with van der Waals surface area (Å²) < 4.78 is 0. The molecule has 22 heavy (non-hydrogen) atoms. The highest BCUT2D eigenvalue weighted by atomic mass is 35.5. The van der Waals surface area contributed by atoms with Gasteiger partial charge in [-0.1, -0.05) is 43.2 Å². The van der Waals surface area contributed by atoms with Crippen molar-refractivity contribution in [3.8, 4) is 0 Å². The molecular formula is C18H27ClN2O. The topological polar surface area (TPSA) is 41.1 Å². The number of carbonyl (C=O) groups is 1. The average molecular weight is 323 g/mol. The predicted molar refractivity (Wildman–Crippen MR) is 92.3 cm³/mol. The molecule has 1 amide bonds. The van der Waals surface area contributed by atoms with E-state index in [0.717, 1.165) is 32.4 Å². The fourth-order valence-corrected chi connectivity index (χ4v) is 3.88. The number of halogens is 1. The maximum atomic E-state index is 12.2. The molecular weight excluding hydrogens is 296 g/mol. The molecule has 1 aliphatic heterocycles. The second kappa shape index (κ2) is 7.98. The zero-order chi connectivity index (χ0) is 14.5. The van der Waals surface area contributed by atoms with E-state index in [4.69, 9.17) is 0 Å². The van der Waals surface area contributed by atoms with Crippen molar-refractivity contribution < 1.29 is 4.79 Å². The molecule has 1 aromatic rings. The van der Waals surface area contributed by atoms with E-state index in [1.807, 2.05) is 0 Å². The van der Waals surface area contributed by atoms with E-state index in [-0.39, 0.29) is 29.8 Å². The van der Waals surface area contributed by atoms with Gasteiger partial charge in [0.05, 0.1) is 6.04 Å². The van der Waals surface area contributed by atoms with E-state index >= 15 is 0 Å². The number of hydrogen-bond acceptors (Lipinski definition) is 2. The largest absolute Gasteiger partial charge is 0.354 e. The fraction of sp³-hybridized carbons (Fsp3) is 0.611. The molecule has 0 spiro atoms. The second-order valence-corrected chi connectivity index (χ2v) is 6.74. The summed E-state index contributed by atoms with van der Waals surface area (Å²) in [6.45, 7) is 1.81. The summed E-state index contributed by atoms with van der Waals surface area (Å²) in [5.41, 5.74) is 1.67. The lowest BCUT2D eigenvalue weighted by Crippen LogP contribution is -2.45. The molecule has 1 unspecified atom stereocenters. The van der Waals surface area contributed by atoms with Crippen molar-refractivity contribution in [3.05, 3.63) is 35.9 Å². The molecule has 0 bridgehead atoms. The summed E-state index contributed by atoms with van der Waals surface area (Å²) in [6.07, 6.45) is 8.26. The Kier molecular flexibility index (Phi) is 6.27. The zero-order valence-electron chi connectivity index (χ0n) is 13.1. The minimum absolute atomic E-state index is 0. The van der Waals surface area contributed by atoms with Crippen LogP contribution >= 0.6 is 12.4 Å². The van der Waals surface area contributed by atoms with Crippen LogP contribution in [0.4, 0.5) is 0 Å². The lowest BCUT2D eigenvalue weighted by molar-refractivity contribution is -0.123. The molecule has 1 saturated heterocycles. The number of amides is 1. The Balaban J connectivity index is 0.00000176. The van der Waals surface area contributed by atoms with E-state index in [1.54, 1.807) is 0 Å². The molecule has 0 radical (unpaired) electrons. The third-order valence-electron chi connectivity index (χ3n) is 5.10. The number of benzene rings is 1. The summed E-state index contributed by atoms with van der Waals surface area (Å²) in [4.78, 5) is 12.2. The number of nitrogens with one attached hydrogen (secondary N) is 2. The van der Waals surface area contributed by atoms with Crippen molar-refractivity contribution in [2.45, 2.75) is 51.0 Å². The minimum atomic E-state index is 0. The van der Waals surface area contributed by atoms with Crippen LogP contribution in [-0.2, 0) is 11.2 Å². The maximum absolute atomic E-state index is 12.2. The predicted octanol–water partition coefficient (Wildman–Crippen LogP) is 3.08. The van der Waals surface area contributed by atoms with Crippen molar-refractivity contribution in [2.24, 2.45) is 5.41 Å². The highest BCUT2D eigenvalue weighted by Gasteiger charge is 2.35. The molecule has 2 N–H and O–H groups in total. The molecule has 1 aliphatic carbocycles. The first-order chi connectivity index (χ1) is 10.3. The quantitative estimate of drug-likeness (QED) is 0.874. The molecule has 3 rings (SSSR count). The van der Waals surface area contributed by atoms with Gasteiger partial charge in [0.1, 0.15) is 0 Å².